The topological polar surface area (TPSA) is 27.7 Å². The minimum atomic E-state index is 0.0555. The van der Waals surface area contributed by atoms with Gasteiger partial charge in [0.2, 0.25) is 6.04 Å². The first-order chi connectivity index (χ1) is 6.68. The Morgan fingerprint density at radius 1 is 1.13 bits per heavy atom. The lowest BCUT2D eigenvalue weighted by Crippen LogP contribution is -2.29. The Bertz CT molecular complexity index is 276. The van der Waals surface area contributed by atoms with Crippen molar-refractivity contribution in [1.29, 1.82) is 0 Å². The van der Waals surface area contributed by atoms with Crippen molar-refractivity contribution in [2.45, 2.75) is 66.0 Å². The quantitative estimate of drug-likeness (QED) is 0.624. The Kier molecular flexibility index (Phi) is 3.31. The third-order valence-corrected chi connectivity index (χ3v) is 2.49. The molecule has 0 fully saturated rings. The summed E-state index contributed by atoms with van der Waals surface area (Å²) < 4.78 is 1.97. The van der Waals surface area contributed by atoms with Crippen LogP contribution in [0.2, 0.25) is 0 Å². The van der Waals surface area contributed by atoms with Crippen LogP contribution in [0.1, 0.15) is 54.4 Å². The molecule has 1 unspecified atom stereocenters. The molecule has 1 aliphatic heterocycles. The van der Waals surface area contributed by atoms with Gasteiger partial charge in [-0.15, -0.1) is 4.68 Å². The summed E-state index contributed by atoms with van der Waals surface area (Å²) in [7, 11) is 0. The number of hydrogen-bond donors (Lipinski definition) is 0. The van der Waals surface area contributed by atoms with Gasteiger partial charge < -0.3 is 0 Å². The van der Waals surface area contributed by atoms with E-state index in [1.807, 2.05) is 4.68 Å². The molecule has 1 heterocycles. The molecule has 0 aromatic carbocycles. The van der Waals surface area contributed by atoms with Crippen LogP contribution in [0.15, 0.2) is 10.3 Å². The highest BCUT2D eigenvalue weighted by Crippen LogP contribution is 2.23. The fraction of sp³-hybridized carbons (Fsp3) is 0.917. The molecule has 3 nitrogen and oxygen atoms in total. The predicted octanol–water partition coefficient (Wildman–Crippen LogP) is 3.44. The Labute approximate surface area is 93.3 Å². The van der Waals surface area contributed by atoms with Crippen LogP contribution in [-0.4, -0.2) is 22.5 Å². The fourth-order valence-electron chi connectivity index (χ4n) is 1.42. The number of hydrogen-bond acceptors (Lipinski definition) is 2. The van der Waals surface area contributed by atoms with Crippen molar-refractivity contribution < 1.29 is 4.68 Å². The first-order valence-electron chi connectivity index (χ1n) is 5.74. The van der Waals surface area contributed by atoms with Crippen molar-refractivity contribution in [3.05, 3.63) is 0 Å². The maximum absolute atomic E-state index is 4.28. The normalized spacial score (nSPS) is 22.0. The van der Waals surface area contributed by atoms with E-state index in [0.717, 1.165) is 6.42 Å². The number of nitrogens with zero attached hydrogens (tertiary/aromatic N) is 3. The maximum Gasteiger partial charge on any atom is 0.222 e. The Balaban J connectivity index is 2.50. The summed E-state index contributed by atoms with van der Waals surface area (Å²) in [5, 5.41) is 8.47. The average molecular weight is 210 g/mol. The van der Waals surface area contributed by atoms with Crippen LogP contribution in [0.25, 0.3) is 0 Å². The van der Waals surface area contributed by atoms with Gasteiger partial charge in [0.15, 0.2) is 0 Å². The van der Waals surface area contributed by atoms with E-state index < -0.39 is 0 Å². The largest absolute Gasteiger partial charge is 0.222 e. The zero-order chi connectivity index (χ0) is 11.7. The molecule has 15 heavy (non-hydrogen) atoms. The Hall–Kier alpha value is -0.730. The maximum atomic E-state index is 4.28. The summed E-state index contributed by atoms with van der Waals surface area (Å²) >= 11 is 0. The zero-order valence-electron chi connectivity index (χ0n) is 10.9. The molecule has 1 atom stereocenters. The molecule has 0 N–H and O–H groups in total. The third-order valence-electron chi connectivity index (χ3n) is 2.49. The van der Waals surface area contributed by atoms with Crippen molar-refractivity contribution in [1.82, 2.24) is 0 Å². The van der Waals surface area contributed by atoms with Gasteiger partial charge in [-0.25, -0.2) is 0 Å². The van der Waals surface area contributed by atoms with Crippen LogP contribution in [0.3, 0.4) is 0 Å². The Morgan fingerprint density at radius 3 is 2.13 bits per heavy atom. The molecule has 1 rings (SSSR count). The average Bonchev–Trinajstić information content (AvgIpc) is 2.45. The minimum Gasteiger partial charge on any atom is -0.132 e. The third kappa shape index (κ3) is 4.10. The van der Waals surface area contributed by atoms with E-state index in [2.05, 4.69) is 58.1 Å². The molecule has 1 aliphatic rings. The Morgan fingerprint density at radius 2 is 1.73 bits per heavy atom. The van der Waals surface area contributed by atoms with E-state index in [1.165, 1.54) is 6.42 Å². The van der Waals surface area contributed by atoms with E-state index in [-0.39, 0.29) is 11.6 Å². The first kappa shape index (κ1) is 12.3. The summed E-state index contributed by atoms with van der Waals surface area (Å²) in [5.41, 5.74) is 0.443. The van der Waals surface area contributed by atoms with Crippen molar-refractivity contribution in [3.63, 3.8) is 0 Å². The summed E-state index contributed by atoms with van der Waals surface area (Å²) in [4.78, 5) is 0. The SMILES string of the molecule is CC(C)(C)CCC1C=[N+](C(C)(C)C)N=N1. The van der Waals surface area contributed by atoms with Gasteiger partial charge >= 0.3 is 0 Å². The predicted molar refractivity (Wildman–Crippen MR) is 63.4 cm³/mol. The molecule has 3 heteroatoms. The van der Waals surface area contributed by atoms with E-state index >= 15 is 0 Å². The van der Waals surface area contributed by atoms with E-state index in [0.29, 0.717) is 5.41 Å². The summed E-state index contributed by atoms with van der Waals surface area (Å²) in [6.07, 6.45) is 4.43. The minimum absolute atomic E-state index is 0.0555. The number of rotatable bonds is 2. The second-order valence-corrected chi connectivity index (χ2v) is 6.54. The molecule has 0 saturated heterocycles. The molecule has 0 amide bonds. The highest BCUT2D eigenvalue weighted by molar-refractivity contribution is 5.59. The van der Waals surface area contributed by atoms with Gasteiger partial charge in [0, 0.05) is 11.5 Å². The second-order valence-electron chi connectivity index (χ2n) is 6.54. The second kappa shape index (κ2) is 4.03. The van der Waals surface area contributed by atoms with Gasteiger partial charge in [-0.1, -0.05) is 20.8 Å². The molecule has 0 saturated carbocycles. The van der Waals surface area contributed by atoms with Crippen molar-refractivity contribution in [2.75, 3.05) is 0 Å². The molecule has 86 valence electrons. The van der Waals surface area contributed by atoms with Gasteiger partial charge in [-0.05, 0) is 32.6 Å². The van der Waals surface area contributed by atoms with Crippen LogP contribution in [-0.2, 0) is 0 Å². The van der Waals surface area contributed by atoms with Gasteiger partial charge in [-0.2, -0.15) is 0 Å². The van der Waals surface area contributed by atoms with Gasteiger partial charge in [0.05, 0.1) is 0 Å². The fourth-order valence-corrected chi connectivity index (χ4v) is 1.42. The zero-order valence-corrected chi connectivity index (χ0v) is 10.9. The standard InChI is InChI=1S/C12H24N3/c1-11(2,3)8-7-10-9-15(14-13-10)12(4,5)6/h9-10H,7-8H2,1-6H3/q+1. The lowest BCUT2D eigenvalue weighted by Gasteiger charge is -2.16. The van der Waals surface area contributed by atoms with Crippen LogP contribution >= 0.6 is 0 Å². The molecule has 0 aromatic heterocycles. The van der Waals surface area contributed by atoms with Crippen molar-refractivity contribution in [3.8, 4) is 0 Å². The lowest BCUT2D eigenvalue weighted by molar-refractivity contribution is -0.600. The van der Waals surface area contributed by atoms with E-state index in [9.17, 15) is 0 Å². The van der Waals surface area contributed by atoms with Gasteiger partial charge in [0.25, 0.3) is 0 Å². The van der Waals surface area contributed by atoms with E-state index in [1.54, 1.807) is 0 Å². The highest BCUT2D eigenvalue weighted by Gasteiger charge is 2.30. The van der Waals surface area contributed by atoms with Gasteiger partial charge in [0.1, 0.15) is 17.0 Å². The summed E-state index contributed by atoms with van der Waals surface area (Å²) in [5.74, 6) is 0. The van der Waals surface area contributed by atoms with Crippen LogP contribution in [0, 0.1) is 5.41 Å². The molecule has 0 aromatic rings. The molecular weight excluding hydrogens is 186 g/mol. The van der Waals surface area contributed by atoms with Crippen LogP contribution in [0.4, 0.5) is 0 Å². The molecule has 0 bridgehead atoms. The molecule has 0 aliphatic carbocycles. The summed E-state index contributed by atoms with van der Waals surface area (Å²) in [6, 6.07) is 0.281. The molecule has 0 spiro atoms. The van der Waals surface area contributed by atoms with Gasteiger partial charge in [-0.3, -0.25) is 0 Å². The van der Waals surface area contributed by atoms with Crippen molar-refractivity contribution in [2.24, 2.45) is 15.8 Å². The first-order valence-corrected chi connectivity index (χ1v) is 5.74. The lowest BCUT2D eigenvalue weighted by atomic mass is 9.89. The molecular formula is C12H24N3+. The van der Waals surface area contributed by atoms with Crippen LogP contribution < -0.4 is 0 Å². The van der Waals surface area contributed by atoms with Crippen LogP contribution in [0.5, 0.6) is 0 Å². The molecule has 0 radical (unpaired) electrons. The highest BCUT2D eigenvalue weighted by atomic mass is 15.5. The van der Waals surface area contributed by atoms with E-state index in [4.69, 9.17) is 0 Å². The summed E-state index contributed by atoms with van der Waals surface area (Å²) in [6.45, 7) is 13.2. The smallest absolute Gasteiger partial charge is 0.132 e. The monoisotopic (exact) mass is 210 g/mol. The van der Waals surface area contributed by atoms with Crippen molar-refractivity contribution >= 4 is 6.21 Å².